The Morgan fingerprint density at radius 3 is 1.72 bits per heavy atom. The van der Waals surface area contributed by atoms with Crippen LogP contribution in [0.2, 0.25) is 0 Å². The summed E-state index contributed by atoms with van der Waals surface area (Å²) in [5.74, 6) is 0.648. The number of anilines is 3. The summed E-state index contributed by atoms with van der Waals surface area (Å²) >= 11 is 1.80. The first-order valence-electron chi connectivity index (χ1n) is 19.2. The molecule has 0 saturated heterocycles. The number of thiophene rings is 1. The summed E-state index contributed by atoms with van der Waals surface area (Å²) in [5, 5.41) is 4.90. The number of aromatic nitrogens is 1. The van der Waals surface area contributed by atoms with E-state index in [2.05, 4.69) is 181 Å². The van der Waals surface area contributed by atoms with Gasteiger partial charge in [-0.1, -0.05) is 133 Å². The van der Waals surface area contributed by atoms with E-state index in [-0.39, 0.29) is 0 Å². The molecule has 0 radical (unpaired) electrons. The van der Waals surface area contributed by atoms with Crippen molar-refractivity contribution in [3.63, 3.8) is 0 Å². The lowest BCUT2D eigenvalue weighted by molar-refractivity contribution is 0.620. The van der Waals surface area contributed by atoms with Crippen LogP contribution in [0.5, 0.6) is 0 Å². The zero-order valence-corrected chi connectivity index (χ0v) is 31.7. The molecule has 0 amide bonds. The third kappa shape index (κ3) is 6.04. The van der Waals surface area contributed by atoms with Gasteiger partial charge in [0.2, 0.25) is 5.89 Å². The quantitative estimate of drug-likeness (QED) is 0.163. The molecule has 0 aliphatic rings. The fourth-order valence-electron chi connectivity index (χ4n) is 8.01. The zero-order valence-electron chi connectivity index (χ0n) is 30.8. The van der Waals surface area contributed by atoms with Crippen molar-refractivity contribution >= 4 is 70.4 Å². The van der Waals surface area contributed by atoms with Gasteiger partial charge in [0.1, 0.15) is 5.52 Å². The minimum absolute atomic E-state index is 0.648. The Morgan fingerprint density at radius 1 is 0.404 bits per heavy atom. The maximum absolute atomic E-state index is 6.27. The van der Waals surface area contributed by atoms with E-state index < -0.39 is 0 Å². The van der Waals surface area contributed by atoms with Crippen molar-refractivity contribution < 1.29 is 4.42 Å². The number of para-hydroxylation sites is 1. The fraction of sp³-hybridized carbons (Fsp3) is 0. The molecular weight excluding hydrogens is 713 g/mol. The average Bonchev–Trinajstić information content (AvgIpc) is 3.87. The smallest absolute Gasteiger partial charge is 0.227 e. The van der Waals surface area contributed by atoms with Crippen LogP contribution in [0.3, 0.4) is 0 Å². The first-order chi connectivity index (χ1) is 28.2. The second-order valence-electron chi connectivity index (χ2n) is 14.4. The standard InChI is InChI=1S/C53H34N2OS/c1-3-12-38(13-4-1)45-17-9-10-18-49(45)55(43-26-21-36(22-27-43)41-20-19-35-11-7-8-16-40(35)31-41)44-28-23-37(24-29-44)42-25-30-51-46(32-42)47-33-50-48(34-52(47)57-51)54-53(56-50)39-14-5-2-6-15-39/h1-34H. The number of benzene rings is 9. The number of nitrogens with zero attached hydrogens (tertiary/aromatic N) is 2. The highest BCUT2D eigenvalue weighted by Gasteiger charge is 2.18. The first-order valence-corrected chi connectivity index (χ1v) is 20.0. The van der Waals surface area contributed by atoms with Gasteiger partial charge in [0, 0.05) is 42.7 Å². The minimum Gasteiger partial charge on any atom is -0.436 e. The van der Waals surface area contributed by atoms with Crippen LogP contribution >= 0.6 is 11.3 Å². The van der Waals surface area contributed by atoms with Gasteiger partial charge in [0.05, 0.1) is 5.69 Å². The summed E-state index contributed by atoms with van der Waals surface area (Å²) in [7, 11) is 0. The van der Waals surface area contributed by atoms with Crippen LogP contribution in [0.25, 0.3) is 86.9 Å². The lowest BCUT2D eigenvalue weighted by Crippen LogP contribution is -2.11. The van der Waals surface area contributed by atoms with Crippen molar-refractivity contribution in [1.29, 1.82) is 0 Å². The third-order valence-corrected chi connectivity index (χ3v) is 12.0. The van der Waals surface area contributed by atoms with Crippen LogP contribution in [0.4, 0.5) is 17.1 Å². The average molecular weight is 747 g/mol. The topological polar surface area (TPSA) is 29.3 Å². The SMILES string of the molecule is c1ccc(-c2nc3cc4sc5ccc(-c6ccc(N(c7ccc(-c8ccc9ccccc9c8)cc7)c7ccccc7-c7ccccc7)cc6)cc5c4cc3o2)cc1. The van der Waals surface area contributed by atoms with Gasteiger partial charge in [-0.3, -0.25) is 0 Å². The molecule has 0 spiro atoms. The van der Waals surface area contributed by atoms with Crippen LogP contribution in [0.15, 0.2) is 211 Å². The van der Waals surface area contributed by atoms with Crippen LogP contribution in [-0.4, -0.2) is 4.98 Å². The molecule has 0 bridgehead atoms. The van der Waals surface area contributed by atoms with Gasteiger partial charge >= 0.3 is 0 Å². The van der Waals surface area contributed by atoms with E-state index in [0.717, 1.165) is 39.3 Å². The van der Waals surface area contributed by atoms with Gasteiger partial charge in [-0.2, -0.15) is 0 Å². The Kier molecular flexibility index (Phi) is 8.01. The zero-order chi connectivity index (χ0) is 37.7. The molecule has 0 aliphatic heterocycles. The molecule has 0 saturated carbocycles. The van der Waals surface area contributed by atoms with Crippen LogP contribution in [0.1, 0.15) is 0 Å². The molecule has 4 heteroatoms. The predicted octanol–water partition coefficient (Wildman–Crippen LogP) is 15.5. The molecule has 9 aromatic carbocycles. The normalized spacial score (nSPS) is 11.5. The van der Waals surface area contributed by atoms with E-state index in [9.17, 15) is 0 Å². The summed E-state index contributed by atoms with van der Waals surface area (Å²) in [6.07, 6.45) is 0. The van der Waals surface area contributed by atoms with E-state index in [4.69, 9.17) is 9.40 Å². The highest BCUT2D eigenvalue weighted by Crippen LogP contribution is 2.43. The maximum atomic E-state index is 6.27. The molecule has 11 rings (SSSR count). The van der Waals surface area contributed by atoms with Crippen molar-refractivity contribution in [2.45, 2.75) is 0 Å². The summed E-state index contributed by atoms with van der Waals surface area (Å²) in [5.41, 5.74) is 13.0. The van der Waals surface area contributed by atoms with Gasteiger partial charge in [0.25, 0.3) is 0 Å². The van der Waals surface area contributed by atoms with E-state index >= 15 is 0 Å². The Hall–Kier alpha value is -7.27. The van der Waals surface area contributed by atoms with Crippen molar-refractivity contribution in [3.8, 4) is 44.8 Å². The number of rotatable bonds is 7. The Labute approximate surface area is 334 Å². The molecule has 0 fully saturated rings. The van der Waals surface area contributed by atoms with Gasteiger partial charge in [-0.25, -0.2) is 4.98 Å². The molecule has 268 valence electrons. The summed E-state index contributed by atoms with van der Waals surface area (Å²) in [6, 6.07) is 73.7. The highest BCUT2D eigenvalue weighted by molar-refractivity contribution is 7.25. The first kappa shape index (κ1) is 33.1. The summed E-state index contributed by atoms with van der Waals surface area (Å²) in [4.78, 5) is 7.19. The van der Waals surface area contributed by atoms with Crippen LogP contribution in [0, 0.1) is 0 Å². The van der Waals surface area contributed by atoms with Gasteiger partial charge < -0.3 is 9.32 Å². The molecule has 2 heterocycles. The Bertz CT molecular complexity index is 3220. The van der Waals surface area contributed by atoms with E-state index in [0.29, 0.717) is 5.89 Å². The second kappa shape index (κ2) is 13.8. The number of hydrogen-bond donors (Lipinski definition) is 0. The molecular formula is C53H34N2OS. The Balaban J connectivity index is 0.975. The van der Waals surface area contributed by atoms with E-state index in [1.54, 1.807) is 11.3 Å². The number of fused-ring (bicyclic) bond motifs is 5. The second-order valence-corrected chi connectivity index (χ2v) is 15.5. The minimum atomic E-state index is 0.648. The molecule has 0 atom stereocenters. The molecule has 0 N–H and O–H groups in total. The predicted molar refractivity (Wildman–Crippen MR) is 241 cm³/mol. The third-order valence-electron chi connectivity index (χ3n) is 10.9. The monoisotopic (exact) mass is 746 g/mol. The molecule has 2 aromatic heterocycles. The van der Waals surface area contributed by atoms with E-state index in [1.807, 2.05) is 30.3 Å². The fourth-order valence-corrected chi connectivity index (χ4v) is 9.12. The van der Waals surface area contributed by atoms with Crippen molar-refractivity contribution in [2.24, 2.45) is 0 Å². The van der Waals surface area contributed by atoms with Gasteiger partial charge in [-0.05, 0) is 111 Å². The van der Waals surface area contributed by atoms with Gasteiger partial charge in [0.15, 0.2) is 5.58 Å². The molecule has 57 heavy (non-hydrogen) atoms. The molecule has 0 aliphatic carbocycles. The van der Waals surface area contributed by atoms with E-state index in [1.165, 1.54) is 58.8 Å². The van der Waals surface area contributed by atoms with Gasteiger partial charge in [-0.15, -0.1) is 11.3 Å². The lowest BCUT2D eigenvalue weighted by atomic mass is 9.99. The Morgan fingerprint density at radius 2 is 0.982 bits per heavy atom. The summed E-state index contributed by atoms with van der Waals surface area (Å²) in [6.45, 7) is 0. The van der Waals surface area contributed by atoms with Crippen molar-refractivity contribution in [3.05, 3.63) is 206 Å². The molecule has 3 nitrogen and oxygen atoms in total. The highest BCUT2D eigenvalue weighted by atomic mass is 32.1. The van der Waals surface area contributed by atoms with Crippen LogP contribution in [-0.2, 0) is 0 Å². The maximum Gasteiger partial charge on any atom is 0.227 e. The molecule has 11 aromatic rings. The lowest BCUT2D eigenvalue weighted by Gasteiger charge is -2.28. The van der Waals surface area contributed by atoms with Crippen molar-refractivity contribution in [1.82, 2.24) is 4.98 Å². The van der Waals surface area contributed by atoms with Crippen LogP contribution < -0.4 is 4.90 Å². The summed E-state index contributed by atoms with van der Waals surface area (Å²) < 4.78 is 8.73. The number of hydrogen-bond acceptors (Lipinski definition) is 4. The number of oxazole rings is 1. The largest absolute Gasteiger partial charge is 0.436 e. The molecule has 0 unspecified atom stereocenters. The van der Waals surface area contributed by atoms with Crippen molar-refractivity contribution in [2.75, 3.05) is 4.90 Å².